The molecule has 2 amide bonds. The molecule has 3 aromatic rings. The number of nitrogens with zero attached hydrogens (tertiary/aromatic N) is 3. The van der Waals surface area contributed by atoms with Crippen molar-refractivity contribution in [1.29, 1.82) is 0 Å². The van der Waals surface area contributed by atoms with Crippen LogP contribution in [-0.2, 0) is 13.1 Å². The number of hydrogen-bond acceptors (Lipinski definition) is 4. The molecule has 0 saturated carbocycles. The van der Waals surface area contributed by atoms with Crippen LogP contribution in [0.5, 0.6) is 0 Å². The van der Waals surface area contributed by atoms with Gasteiger partial charge < -0.3 is 15.1 Å². The van der Waals surface area contributed by atoms with Gasteiger partial charge in [-0.1, -0.05) is 52.0 Å². The van der Waals surface area contributed by atoms with Gasteiger partial charge in [0, 0.05) is 49.5 Å². The molecule has 4 rings (SSSR count). The van der Waals surface area contributed by atoms with Gasteiger partial charge in [0.1, 0.15) is 17.3 Å². The van der Waals surface area contributed by atoms with Gasteiger partial charge in [0.05, 0.1) is 0 Å². The highest BCUT2D eigenvalue weighted by Gasteiger charge is 2.29. The molecule has 1 aromatic heterocycles. The lowest BCUT2D eigenvalue weighted by Gasteiger charge is -2.38. The van der Waals surface area contributed by atoms with E-state index in [0.29, 0.717) is 23.7 Å². The Morgan fingerprint density at radius 3 is 2.22 bits per heavy atom. The van der Waals surface area contributed by atoms with Crippen LogP contribution in [0.1, 0.15) is 78.9 Å². The van der Waals surface area contributed by atoms with Crippen LogP contribution >= 0.6 is 0 Å². The number of rotatable bonds is 10. The number of amides is 2. The lowest BCUT2D eigenvalue weighted by molar-refractivity contribution is 0.0540. The van der Waals surface area contributed by atoms with Gasteiger partial charge in [-0.05, 0) is 73.7 Å². The van der Waals surface area contributed by atoms with Gasteiger partial charge >= 0.3 is 0 Å². The van der Waals surface area contributed by atoms with E-state index in [1.807, 2.05) is 36.9 Å². The molecule has 0 atom stereocenters. The quantitative estimate of drug-likeness (QED) is 0.307. The Morgan fingerprint density at radius 2 is 1.63 bits per heavy atom. The summed E-state index contributed by atoms with van der Waals surface area (Å²) in [5.74, 6) is -1.27. The van der Waals surface area contributed by atoms with Crippen LogP contribution in [0.4, 0.5) is 8.78 Å². The summed E-state index contributed by atoms with van der Waals surface area (Å²) in [6.07, 6.45) is 4.57. The van der Waals surface area contributed by atoms with Gasteiger partial charge in [-0.15, -0.1) is 0 Å². The molecule has 0 spiro atoms. The minimum atomic E-state index is -0.700. The molecule has 0 aliphatic carbocycles. The molecule has 6 nitrogen and oxygen atoms in total. The minimum absolute atomic E-state index is 0.0912. The second-order valence-corrected chi connectivity index (χ2v) is 10.5. The predicted octanol–water partition coefficient (Wildman–Crippen LogP) is 6.47. The topological polar surface area (TPSA) is 65.5 Å². The molecular formula is C33H42F2N4O2. The zero-order valence-corrected chi connectivity index (χ0v) is 24.6. The number of hydrogen-bond donors (Lipinski definition) is 1. The normalized spacial score (nSPS) is 13.8. The second-order valence-electron chi connectivity index (χ2n) is 10.5. The first kappa shape index (κ1) is 31.9. The maximum atomic E-state index is 13.9. The van der Waals surface area contributed by atoms with Gasteiger partial charge in [0.15, 0.2) is 0 Å². The summed E-state index contributed by atoms with van der Waals surface area (Å²) in [7, 11) is 0. The number of nitrogens with one attached hydrogen (secondary N) is 1. The monoisotopic (exact) mass is 564 g/mol. The molecule has 41 heavy (non-hydrogen) atoms. The van der Waals surface area contributed by atoms with Gasteiger partial charge in [0.25, 0.3) is 11.8 Å². The van der Waals surface area contributed by atoms with Crippen LogP contribution < -0.4 is 5.32 Å². The van der Waals surface area contributed by atoms with Crippen molar-refractivity contribution in [3.63, 3.8) is 0 Å². The van der Waals surface area contributed by atoms with E-state index in [2.05, 4.69) is 29.0 Å². The van der Waals surface area contributed by atoms with E-state index >= 15 is 0 Å². The Labute approximate surface area is 242 Å². The first-order valence-electron chi connectivity index (χ1n) is 14.6. The fourth-order valence-electron chi connectivity index (χ4n) is 4.83. The van der Waals surface area contributed by atoms with Gasteiger partial charge in [-0.2, -0.15) is 0 Å². The number of carbonyl (C=O) groups is 2. The molecule has 0 bridgehead atoms. The van der Waals surface area contributed by atoms with Gasteiger partial charge in [0.2, 0.25) is 0 Å². The highest BCUT2D eigenvalue weighted by atomic mass is 19.1. The highest BCUT2D eigenvalue weighted by Crippen LogP contribution is 2.22. The molecule has 0 unspecified atom stereocenters. The fraction of sp³-hybridized carbons (Fsp3) is 0.424. The molecule has 1 aliphatic rings. The molecular weight excluding hydrogens is 522 g/mol. The second kappa shape index (κ2) is 16.0. The summed E-state index contributed by atoms with van der Waals surface area (Å²) >= 11 is 0. The van der Waals surface area contributed by atoms with E-state index in [1.54, 1.807) is 30.5 Å². The molecule has 2 heterocycles. The molecule has 2 aromatic carbocycles. The Bertz CT molecular complexity index is 1220. The van der Waals surface area contributed by atoms with E-state index in [1.165, 1.54) is 6.07 Å². The predicted molar refractivity (Wildman–Crippen MR) is 158 cm³/mol. The van der Waals surface area contributed by atoms with Crippen molar-refractivity contribution in [2.45, 2.75) is 66.1 Å². The van der Waals surface area contributed by atoms with E-state index in [9.17, 15) is 18.4 Å². The van der Waals surface area contributed by atoms with E-state index < -0.39 is 17.5 Å². The summed E-state index contributed by atoms with van der Waals surface area (Å²) in [5, 5.41) is 2.57. The van der Waals surface area contributed by atoms with Crippen LogP contribution in [0.2, 0.25) is 0 Å². The molecule has 8 heteroatoms. The molecule has 0 radical (unpaired) electrons. The summed E-state index contributed by atoms with van der Waals surface area (Å²) < 4.78 is 27.8. The van der Waals surface area contributed by atoms with E-state index in [-0.39, 0.29) is 24.1 Å². The van der Waals surface area contributed by atoms with Crippen LogP contribution in [0.15, 0.2) is 66.9 Å². The number of aromatic nitrogens is 1. The van der Waals surface area contributed by atoms with Crippen LogP contribution in [0, 0.1) is 17.6 Å². The average molecular weight is 565 g/mol. The maximum Gasteiger partial charge on any atom is 0.272 e. The van der Waals surface area contributed by atoms with Crippen LogP contribution in [-0.4, -0.2) is 52.3 Å². The Balaban J connectivity index is 0.00000226. The summed E-state index contributed by atoms with van der Waals surface area (Å²) in [6, 6.07) is 16.0. The molecule has 1 N–H and O–H groups in total. The smallest absolute Gasteiger partial charge is 0.272 e. The Hall–Kier alpha value is -3.65. The number of benzene rings is 2. The van der Waals surface area contributed by atoms with Crippen molar-refractivity contribution in [3.8, 4) is 0 Å². The largest absolute Gasteiger partial charge is 0.348 e. The summed E-state index contributed by atoms with van der Waals surface area (Å²) in [5.41, 5.74) is 1.49. The summed E-state index contributed by atoms with van der Waals surface area (Å²) in [6.45, 7) is 11.6. The number of pyridine rings is 1. The van der Waals surface area contributed by atoms with E-state index in [4.69, 9.17) is 0 Å². The minimum Gasteiger partial charge on any atom is -0.348 e. The van der Waals surface area contributed by atoms with Crippen LogP contribution in [0.25, 0.3) is 0 Å². The number of piperidine rings is 1. The van der Waals surface area contributed by atoms with Crippen molar-refractivity contribution >= 4 is 11.8 Å². The van der Waals surface area contributed by atoms with Gasteiger partial charge in [-0.25, -0.2) is 8.78 Å². The van der Waals surface area contributed by atoms with Crippen molar-refractivity contribution in [2.75, 3.05) is 19.6 Å². The average Bonchev–Trinajstić information content (AvgIpc) is 3.00. The third kappa shape index (κ3) is 9.18. The molecule has 1 saturated heterocycles. The van der Waals surface area contributed by atoms with Crippen molar-refractivity contribution in [3.05, 3.63) is 101 Å². The Morgan fingerprint density at radius 1 is 0.976 bits per heavy atom. The third-order valence-corrected chi connectivity index (χ3v) is 7.22. The van der Waals surface area contributed by atoms with Crippen molar-refractivity contribution in [1.82, 2.24) is 20.1 Å². The number of likely N-dealkylation sites (tertiary alicyclic amines) is 1. The molecule has 220 valence electrons. The molecule has 1 aliphatic heterocycles. The zero-order chi connectivity index (χ0) is 29.8. The zero-order valence-electron chi connectivity index (χ0n) is 24.6. The first-order valence-corrected chi connectivity index (χ1v) is 14.6. The lowest BCUT2D eigenvalue weighted by atomic mass is 10.00. The number of carbonyl (C=O) groups excluding carboxylic acids is 2. The first-order chi connectivity index (χ1) is 19.8. The fourth-order valence-corrected chi connectivity index (χ4v) is 4.83. The van der Waals surface area contributed by atoms with E-state index in [0.717, 1.165) is 56.6 Å². The summed E-state index contributed by atoms with van der Waals surface area (Å²) in [4.78, 5) is 34.8. The Kier molecular flexibility index (Phi) is 12.4. The SMILES string of the molecule is CC.CC(C)CCN1CCC(N(Cc2ccc(C(=O)NCc3c(F)cccc3F)cc2)C(=O)c2ccccn2)CC1. The molecule has 1 fully saturated rings. The lowest BCUT2D eigenvalue weighted by Crippen LogP contribution is -2.47. The number of halogens is 2. The standard InChI is InChI=1S/C31H36F2N4O2.C2H6/c1-22(2)13-17-36-18-14-25(15-19-36)37(31(39)29-8-3-4-16-34-29)21-23-9-11-24(12-10-23)30(38)35-20-26-27(32)6-5-7-28(26)33;1-2/h3-12,16,22,25H,13-15,17-21H2,1-2H3,(H,35,38);1-2H3. The maximum absolute atomic E-state index is 13.9. The highest BCUT2D eigenvalue weighted by molar-refractivity contribution is 5.94. The van der Waals surface area contributed by atoms with Crippen molar-refractivity contribution in [2.24, 2.45) is 5.92 Å². The third-order valence-electron chi connectivity index (χ3n) is 7.22. The van der Waals surface area contributed by atoms with Crippen molar-refractivity contribution < 1.29 is 18.4 Å². The van der Waals surface area contributed by atoms with Crippen LogP contribution in [0.3, 0.4) is 0 Å². The van der Waals surface area contributed by atoms with Gasteiger partial charge in [-0.3, -0.25) is 14.6 Å².